The van der Waals surface area contributed by atoms with Gasteiger partial charge < -0.3 is 24.4 Å². The fraction of sp³-hybridized carbons (Fsp3) is 0.529. The predicted octanol–water partition coefficient (Wildman–Crippen LogP) is 1.49. The van der Waals surface area contributed by atoms with Crippen molar-refractivity contribution < 1.29 is 23.8 Å². The van der Waals surface area contributed by atoms with E-state index in [1.165, 1.54) is 0 Å². The highest BCUT2D eigenvalue weighted by atomic mass is 16.6. The lowest BCUT2D eigenvalue weighted by molar-refractivity contribution is -0.131. The molecular weight excluding hydrogens is 312 g/mol. The molecule has 0 unspecified atom stereocenters. The van der Waals surface area contributed by atoms with Crippen LogP contribution in [0.3, 0.4) is 0 Å². The Bertz CT molecular complexity index is 625. The monoisotopic (exact) mass is 334 g/mol. The van der Waals surface area contributed by atoms with Crippen LogP contribution in [-0.4, -0.2) is 51.2 Å². The molecule has 1 amide bonds. The summed E-state index contributed by atoms with van der Waals surface area (Å²) in [4.78, 5) is 17.5. The number of methoxy groups -OCH3 is 2. The van der Waals surface area contributed by atoms with Crippen molar-refractivity contribution in [1.82, 2.24) is 5.32 Å². The summed E-state index contributed by atoms with van der Waals surface area (Å²) >= 11 is 0. The van der Waals surface area contributed by atoms with E-state index in [0.717, 1.165) is 25.0 Å². The van der Waals surface area contributed by atoms with Crippen LogP contribution >= 0.6 is 0 Å². The first kappa shape index (κ1) is 16.6. The molecule has 7 nitrogen and oxygen atoms in total. The number of carbonyl (C=O) groups is 1. The zero-order chi connectivity index (χ0) is 16.9. The molecule has 0 aliphatic carbocycles. The summed E-state index contributed by atoms with van der Waals surface area (Å²) in [6.45, 7) is 1.28. The van der Waals surface area contributed by atoms with E-state index in [4.69, 9.17) is 19.0 Å². The number of carbonyl (C=O) groups excluding carboxylic acids is 1. The van der Waals surface area contributed by atoms with Gasteiger partial charge in [0, 0.05) is 25.1 Å². The third-order valence-corrected chi connectivity index (χ3v) is 4.21. The van der Waals surface area contributed by atoms with Crippen molar-refractivity contribution >= 4 is 11.6 Å². The second kappa shape index (κ2) is 7.53. The standard InChI is InChI=1S/C17H22N2O5/c1-21-11-5-6-15(22-2)13(8-11)14-9-16(24-19-14)17(20)18-10-12-4-3-7-23-12/h5-6,8,12,16H,3-4,7,9-10H2,1-2H3,(H,18,20)/t12-,16+/m1/s1. The van der Waals surface area contributed by atoms with Gasteiger partial charge in [0.15, 0.2) is 0 Å². The van der Waals surface area contributed by atoms with Crippen molar-refractivity contribution in [3.05, 3.63) is 23.8 Å². The highest BCUT2D eigenvalue weighted by molar-refractivity contribution is 6.06. The van der Waals surface area contributed by atoms with Crippen molar-refractivity contribution in [1.29, 1.82) is 0 Å². The quantitative estimate of drug-likeness (QED) is 0.853. The Hall–Kier alpha value is -2.28. The number of oxime groups is 1. The zero-order valence-electron chi connectivity index (χ0n) is 13.9. The third-order valence-electron chi connectivity index (χ3n) is 4.21. The van der Waals surface area contributed by atoms with Gasteiger partial charge in [0.1, 0.15) is 11.5 Å². The molecule has 24 heavy (non-hydrogen) atoms. The summed E-state index contributed by atoms with van der Waals surface area (Å²) in [5.41, 5.74) is 1.44. The van der Waals surface area contributed by atoms with Gasteiger partial charge >= 0.3 is 0 Å². The number of hydrogen-bond acceptors (Lipinski definition) is 6. The van der Waals surface area contributed by atoms with Gasteiger partial charge in [0.05, 0.1) is 26.0 Å². The topological polar surface area (TPSA) is 78.4 Å². The molecule has 2 aliphatic heterocycles. The van der Waals surface area contributed by atoms with E-state index in [1.54, 1.807) is 14.2 Å². The van der Waals surface area contributed by atoms with Crippen molar-refractivity contribution in [3.8, 4) is 11.5 Å². The van der Waals surface area contributed by atoms with Crippen LogP contribution < -0.4 is 14.8 Å². The second-order valence-corrected chi connectivity index (χ2v) is 5.78. The Labute approximate surface area is 140 Å². The van der Waals surface area contributed by atoms with Crippen LogP contribution in [0.25, 0.3) is 0 Å². The maximum Gasteiger partial charge on any atom is 0.264 e. The van der Waals surface area contributed by atoms with Gasteiger partial charge in [-0.25, -0.2) is 0 Å². The Kier molecular flexibility index (Phi) is 5.20. The first-order chi connectivity index (χ1) is 11.7. The van der Waals surface area contributed by atoms with Gasteiger partial charge in [-0.1, -0.05) is 5.16 Å². The molecular formula is C17H22N2O5. The van der Waals surface area contributed by atoms with Gasteiger partial charge in [-0.2, -0.15) is 0 Å². The van der Waals surface area contributed by atoms with Crippen LogP contribution in [0.1, 0.15) is 24.8 Å². The molecule has 2 aliphatic rings. The van der Waals surface area contributed by atoms with Gasteiger partial charge in [-0.05, 0) is 31.0 Å². The van der Waals surface area contributed by atoms with E-state index in [0.29, 0.717) is 30.2 Å². The Morgan fingerprint density at radius 1 is 1.38 bits per heavy atom. The van der Waals surface area contributed by atoms with Crippen LogP contribution in [0.4, 0.5) is 0 Å². The van der Waals surface area contributed by atoms with Gasteiger partial charge in [0.2, 0.25) is 6.10 Å². The molecule has 2 heterocycles. The van der Waals surface area contributed by atoms with Crippen LogP contribution in [0.5, 0.6) is 11.5 Å². The molecule has 0 aromatic heterocycles. The van der Waals surface area contributed by atoms with E-state index in [9.17, 15) is 4.79 Å². The summed E-state index contributed by atoms with van der Waals surface area (Å²) in [5.74, 6) is 1.18. The van der Waals surface area contributed by atoms with Crippen molar-refractivity contribution in [2.24, 2.45) is 5.16 Å². The summed E-state index contributed by atoms with van der Waals surface area (Å²) < 4.78 is 16.1. The summed E-state index contributed by atoms with van der Waals surface area (Å²) in [5, 5.41) is 6.93. The minimum Gasteiger partial charge on any atom is -0.497 e. The van der Waals surface area contributed by atoms with E-state index in [1.807, 2.05) is 18.2 Å². The highest BCUT2D eigenvalue weighted by Crippen LogP contribution is 2.28. The largest absolute Gasteiger partial charge is 0.497 e. The van der Waals surface area contributed by atoms with Crippen LogP contribution in [0.15, 0.2) is 23.4 Å². The number of amides is 1. The molecule has 1 saturated heterocycles. The summed E-state index contributed by atoms with van der Waals surface area (Å²) in [6.07, 6.45) is 1.89. The minimum absolute atomic E-state index is 0.106. The van der Waals surface area contributed by atoms with Gasteiger partial charge in [0.25, 0.3) is 5.91 Å². The molecule has 1 fully saturated rings. The van der Waals surface area contributed by atoms with Crippen LogP contribution in [0, 0.1) is 0 Å². The van der Waals surface area contributed by atoms with Gasteiger partial charge in [-0.3, -0.25) is 4.79 Å². The molecule has 2 atom stereocenters. The number of nitrogens with zero attached hydrogens (tertiary/aromatic N) is 1. The smallest absolute Gasteiger partial charge is 0.264 e. The average Bonchev–Trinajstić information content (AvgIpc) is 3.30. The number of benzene rings is 1. The lowest BCUT2D eigenvalue weighted by Gasteiger charge is -2.13. The Balaban J connectivity index is 1.61. The zero-order valence-corrected chi connectivity index (χ0v) is 13.9. The Morgan fingerprint density at radius 3 is 2.96 bits per heavy atom. The molecule has 1 N–H and O–H groups in total. The summed E-state index contributed by atoms with van der Waals surface area (Å²) in [6, 6.07) is 5.44. The minimum atomic E-state index is -0.627. The fourth-order valence-corrected chi connectivity index (χ4v) is 2.85. The number of rotatable bonds is 6. The molecule has 0 spiro atoms. The third kappa shape index (κ3) is 3.62. The molecule has 7 heteroatoms. The van der Waals surface area contributed by atoms with E-state index < -0.39 is 6.10 Å². The predicted molar refractivity (Wildman–Crippen MR) is 87.6 cm³/mol. The van der Waals surface area contributed by atoms with Crippen molar-refractivity contribution in [3.63, 3.8) is 0 Å². The van der Waals surface area contributed by atoms with Gasteiger partial charge in [-0.15, -0.1) is 0 Å². The van der Waals surface area contributed by atoms with E-state index in [2.05, 4.69) is 10.5 Å². The van der Waals surface area contributed by atoms with Crippen LogP contribution in [0.2, 0.25) is 0 Å². The molecule has 0 saturated carbocycles. The van der Waals surface area contributed by atoms with E-state index in [-0.39, 0.29) is 12.0 Å². The van der Waals surface area contributed by atoms with Crippen molar-refractivity contribution in [2.45, 2.75) is 31.5 Å². The number of ether oxygens (including phenoxy) is 3. The SMILES string of the molecule is COc1ccc(OC)c(C2=NO[C@H](C(=O)NC[C@H]3CCCO3)C2)c1. The molecule has 1 aromatic rings. The average molecular weight is 334 g/mol. The molecule has 0 bridgehead atoms. The number of hydrogen-bond donors (Lipinski definition) is 1. The lowest BCUT2D eigenvalue weighted by Crippen LogP contribution is -2.39. The lowest BCUT2D eigenvalue weighted by atomic mass is 10.0. The fourth-order valence-electron chi connectivity index (χ4n) is 2.85. The maximum atomic E-state index is 12.2. The molecule has 3 rings (SSSR count). The van der Waals surface area contributed by atoms with Crippen LogP contribution in [-0.2, 0) is 14.4 Å². The first-order valence-corrected chi connectivity index (χ1v) is 8.05. The summed E-state index contributed by atoms with van der Waals surface area (Å²) in [7, 11) is 3.19. The van der Waals surface area contributed by atoms with Crippen molar-refractivity contribution in [2.75, 3.05) is 27.4 Å². The maximum absolute atomic E-state index is 12.2. The first-order valence-electron chi connectivity index (χ1n) is 8.05. The Morgan fingerprint density at radius 2 is 2.25 bits per heavy atom. The highest BCUT2D eigenvalue weighted by Gasteiger charge is 2.31. The molecule has 1 aromatic carbocycles. The molecule has 0 radical (unpaired) electrons. The second-order valence-electron chi connectivity index (χ2n) is 5.78. The number of nitrogens with one attached hydrogen (secondary N) is 1. The van der Waals surface area contributed by atoms with E-state index >= 15 is 0 Å². The normalized spacial score (nSPS) is 22.7. The molecule has 130 valence electrons.